The fraction of sp³-hybridized carbons (Fsp3) is 0.0769. The summed E-state index contributed by atoms with van der Waals surface area (Å²) in [7, 11) is 1.64. The van der Waals surface area contributed by atoms with E-state index in [1.807, 2.05) is 0 Å². The van der Waals surface area contributed by atoms with Crippen molar-refractivity contribution < 1.29 is 24.6 Å². The Morgan fingerprint density at radius 3 is 2.10 bits per heavy atom. The highest BCUT2D eigenvalue weighted by Gasteiger charge is 2.14. The third-order valence-electron chi connectivity index (χ3n) is 2.63. The molecule has 108 valence electrons. The Labute approximate surface area is 118 Å². The lowest BCUT2D eigenvalue weighted by molar-refractivity contribution is 0.0696. The van der Waals surface area contributed by atoms with Gasteiger partial charge in [0.1, 0.15) is 0 Å². The van der Waals surface area contributed by atoms with E-state index in [1.165, 1.54) is 22.9 Å². The van der Waals surface area contributed by atoms with Crippen LogP contribution in [0.25, 0.3) is 0 Å². The van der Waals surface area contributed by atoms with Crippen LogP contribution in [0.15, 0.2) is 30.5 Å². The van der Waals surface area contributed by atoms with Gasteiger partial charge < -0.3 is 15.5 Å². The lowest BCUT2D eigenvalue weighted by Gasteiger charge is -2.06. The van der Waals surface area contributed by atoms with Gasteiger partial charge in [0.2, 0.25) is 0 Å². The molecule has 0 aliphatic carbocycles. The van der Waals surface area contributed by atoms with Crippen molar-refractivity contribution in [1.82, 2.24) is 9.78 Å². The fourth-order valence-corrected chi connectivity index (χ4v) is 1.68. The van der Waals surface area contributed by atoms with Gasteiger partial charge in [-0.05, 0) is 24.3 Å². The molecule has 1 heterocycles. The zero-order valence-electron chi connectivity index (χ0n) is 10.9. The van der Waals surface area contributed by atoms with Gasteiger partial charge in [0.05, 0.1) is 11.1 Å². The van der Waals surface area contributed by atoms with E-state index in [0.717, 1.165) is 6.07 Å². The van der Waals surface area contributed by atoms with Crippen LogP contribution >= 0.6 is 0 Å². The molecule has 0 aliphatic rings. The molecular weight excluding hydrogens is 278 g/mol. The van der Waals surface area contributed by atoms with Crippen LogP contribution in [0.3, 0.4) is 0 Å². The molecule has 0 fully saturated rings. The van der Waals surface area contributed by atoms with Crippen LogP contribution in [0, 0.1) is 0 Å². The number of benzene rings is 1. The largest absolute Gasteiger partial charge is 0.478 e. The summed E-state index contributed by atoms with van der Waals surface area (Å²) in [6.07, 6.45) is 1.57. The molecule has 1 amide bonds. The first kappa shape index (κ1) is 14.3. The van der Waals surface area contributed by atoms with Crippen molar-refractivity contribution >= 4 is 23.5 Å². The maximum absolute atomic E-state index is 11.9. The molecule has 0 radical (unpaired) electrons. The molecule has 1 aromatic carbocycles. The minimum Gasteiger partial charge on any atom is -0.478 e. The molecule has 8 heteroatoms. The van der Waals surface area contributed by atoms with Crippen molar-refractivity contribution in [2.45, 2.75) is 0 Å². The third-order valence-corrected chi connectivity index (χ3v) is 2.63. The van der Waals surface area contributed by atoms with Crippen LogP contribution in [0.5, 0.6) is 0 Å². The molecular formula is C13H11N3O5. The molecule has 0 bridgehead atoms. The summed E-state index contributed by atoms with van der Waals surface area (Å²) in [5.41, 5.74) is -0.254. The molecule has 2 rings (SSSR count). The van der Waals surface area contributed by atoms with Gasteiger partial charge in [-0.3, -0.25) is 9.48 Å². The lowest BCUT2D eigenvalue weighted by atomic mass is 10.1. The summed E-state index contributed by atoms with van der Waals surface area (Å²) in [6.45, 7) is 0. The number of hydrogen-bond donors (Lipinski definition) is 3. The number of amides is 1. The Bertz CT molecular complexity index is 703. The van der Waals surface area contributed by atoms with Crippen molar-refractivity contribution in [3.63, 3.8) is 0 Å². The maximum atomic E-state index is 11.9. The molecule has 3 N–H and O–H groups in total. The first-order valence-corrected chi connectivity index (χ1v) is 5.79. The van der Waals surface area contributed by atoms with E-state index in [2.05, 4.69) is 10.4 Å². The average molecular weight is 289 g/mol. The van der Waals surface area contributed by atoms with Gasteiger partial charge in [-0.15, -0.1) is 0 Å². The lowest BCUT2D eigenvalue weighted by Crippen LogP contribution is -2.14. The number of aromatic nitrogens is 2. The highest BCUT2D eigenvalue weighted by atomic mass is 16.4. The first-order valence-electron chi connectivity index (χ1n) is 5.79. The molecule has 2 aromatic rings. The SMILES string of the molecule is Cn1ccc(C(=O)Nc2cc(C(=O)O)cc(C(=O)O)c2)n1. The first-order chi connectivity index (χ1) is 9.86. The molecule has 0 aliphatic heterocycles. The van der Waals surface area contributed by atoms with Gasteiger partial charge in [0, 0.05) is 18.9 Å². The highest BCUT2D eigenvalue weighted by molar-refractivity contribution is 6.04. The standard InChI is InChI=1S/C13H11N3O5/c1-16-3-2-10(15-16)11(17)14-9-5-7(12(18)19)4-8(6-9)13(20)21/h2-6H,1H3,(H,14,17)(H,18,19)(H,20,21). The summed E-state index contributed by atoms with van der Waals surface area (Å²) in [6, 6.07) is 4.85. The second-order valence-corrected chi connectivity index (χ2v) is 4.24. The van der Waals surface area contributed by atoms with E-state index in [-0.39, 0.29) is 22.5 Å². The zero-order valence-corrected chi connectivity index (χ0v) is 10.9. The van der Waals surface area contributed by atoms with Gasteiger partial charge in [-0.25, -0.2) is 9.59 Å². The number of nitrogens with zero attached hydrogens (tertiary/aromatic N) is 2. The van der Waals surface area contributed by atoms with Crippen LogP contribution in [-0.4, -0.2) is 37.8 Å². The topological polar surface area (TPSA) is 122 Å². The van der Waals surface area contributed by atoms with Crippen molar-refractivity contribution in [1.29, 1.82) is 0 Å². The Balaban J connectivity index is 2.32. The number of carbonyl (C=O) groups is 3. The van der Waals surface area contributed by atoms with Gasteiger partial charge in [0.25, 0.3) is 5.91 Å². The van der Waals surface area contributed by atoms with Gasteiger partial charge in [-0.2, -0.15) is 5.10 Å². The summed E-state index contributed by atoms with van der Waals surface area (Å²) >= 11 is 0. The number of carbonyl (C=O) groups excluding carboxylic acids is 1. The highest BCUT2D eigenvalue weighted by Crippen LogP contribution is 2.16. The van der Waals surface area contributed by atoms with E-state index in [9.17, 15) is 14.4 Å². The van der Waals surface area contributed by atoms with E-state index >= 15 is 0 Å². The number of carboxylic acid groups (broad SMARTS) is 2. The van der Waals surface area contributed by atoms with Crippen molar-refractivity contribution in [2.24, 2.45) is 7.05 Å². The predicted octanol–water partition coefficient (Wildman–Crippen LogP) is 1.07. The van der Waals surface area contributed by atoms with Crippen molar-refractivity contribution in [3.05, 3.63) is 47.3 Å². The van der Waals surface area contributed by atoms with Gasteiger partial charge in [-0.1, -0.05) is 0 Å². The van der Waals surface area contributed by atoms with Crippen LogP contribution in [0.4, 0.5) is 5.69 Å². The normalized spacial score (nSPS) is 10.1. The summed E-state index contributed by atoms with van der Waals surface area (Å²) in [5.74, 6) is -3.13. The molecule has 21 heavy (non-hydrogen) atoms. The molecule has 0 spiro atoms. The van der Waals surface area contributed by atoms with E-state index in [4.69, 9.17) is 10.2 Å². The van der Waals surface area contributed by atoms with Gasteiger partial charge >= 0.3 is 11.9 Å². The zero-order chi connectivity index (χ0) is 15.6. The number of anilines is 1. The van der Waals surface area contributed by atoms with Crippen molar-refractivity contribution in [3.8, 4) is 0 Å². The number of nitrogens with one attached hydrogen (secondary N) is 1. The molecule has 0 saturated heterocycles. The Kier molecular flexibility index (Phi) is 3.70. The molecule has 1 aromatic heterocycles. The van der Waals surface area contributed by atoms with E-state index in [1.54, 1.807) is 13.2 Å². The van der Waals surface area contributed by atoms with Crippen LogP contribution < -0.4 is 5.32 Å². The number of aromatic carboxylic acids is 2. The van der Waals surface area contributed by atoms with E-state index in [0.29, 0.717) is 0 Å². The fourth-order valence-electron chi connectivity index (χ4n) is 1.68. The number of hydrogen-bond acceptors (Lipinski definition) is 4. The minimum atomic E-state index is -1.29. The Morgan fingerprint density at radius 2 is 1.67 bits per heavy atom. The second kappa shape index (κ2) is 5.45. The minimum absolute atomic E-state index is 0.0722. The third kappa shape index (κ3) is 3.24. The predicted molar refractivity (Wildman–Crippen MR) is 71.5 cm³/mol. The van der Waals surface area contributed by atoms with Crippen LogP contribution in [0.2, 0.25) is 0 Å². The van der Waals surface area contributed by atoms with Crippen LogP contribution in [-0.2, 0) is 7.05 Å². The Hall–Kier alpha value is -3.16. The number of carboxylic acids is 2. The van der Waals surface area contributed by atoms with E-state index < -0.39 is 17.8 Å². The quantitative estimate of drug-likeness (QED) is 0.774. The summed E-state index contributed by atoms with van der Waals surface area (Å²) < 4.78 is 1.44. The summed E-state index contributed by atoms with van der Waals surface area (Å²) in [5, 5.41) is 24.2. The summed E-state index contributed by atoms with van der Waals surface area (Å²) in [4.78, 5) is 33.8. The monoisotopic (exact) mass is 289 g/mol. The number of rotatable bonds is 4. The number of aryl methyl sites for hydroxylation is 1. The maximum Gasteiger partial charge on any atom is 0.335 e. The molecule has 8 nitrogen and oxygen atoms in total. The average Bonchev–Trinajstić information content (AvgIpc) is 2.85. The smallest absolute Gasteiger partial charge is 0.335 e. The van der Waals surface area contributed by atoms with Crippen LogP contribution in [0.1, 0.15) is 31.2 Å². The Morgan fingerprint density at radius 1 is 1.10 bits per heavy atom. The molecule has 0 atom stereocenters. The van der Waals surface area contributed by atoms with Gasteiger partial charge in [0.15, 0.2) is 5.69 Å². The second-order valence-electron chi connectivity index (χ2n) is 4.24. The molecule has 0 unspecified atom stereocenters. The molecule has 0 saturated carbocycles. The van der Waals surface area contributed by atoms with Crippen molar-refractivity contribution in [2.75, 3.05) is 5.32 Å².